The van der Waals surface area contributed by atoms with E-state index in [0.29, 0.717) is 23.0 Å². The summed E-state index contributed by atoms with van der Waals surface area (Å²) in [5.41, 5.74) is 8.57. The number of ether oxygens (including phenoxy) is 1. The first kappa shape index (κ1) is 19.4. The number of fused-ring (bicyclic) bond motifs is 3. The molecule has 0 aliphatic heterocycles. The summed E-state index contributed by atoms with van der Waals surface area (Å²) in [6, 6.07) is 5.61. The van der Waals surface area contributed by atoms with Crippen molar-refractivity contribution in [3.8, 4) is 5.75 Å². The predicted molar refractivity (Wildman–Crippen MR) is 107 cm³/mol. The molecule has 3 N–H and O–H groups in total. The van der Waals surface area contributed by atoms with Gasteiger partial charge in [-0.15, -0.1) is 0 Å². The molecule has 27 heavy (non-hydrogen) atoms. The molecule has 0 aliphatic rings. The zero-order chi connectivity index (χ0) is 19.8. The van der Waals surface area contributed by atoms with E-state index in [2.05, 4.69) is 33.1 Å². The second kappa shape index (κ2) is 7.32. The van der Waals surface area contributed by atoms with Gasteiger partial charge in [0.15, 0.2) is 5.82 Å². The van der Waals surface area contributed by atoms with Gasteiger partial charge in [0, 0.05) is 24.5 Å². The fourth-order valence-corrected chi connectivity index (χ4v) is 3.53. The second-order valence-electron chi connectivity index (χ2n) is 7.05. The average Bonchev–Trinajstić information content (AvgIpc) is 2.88. The lowest BCUT2D eigenvalue weighted by atomic mass is 10.1. The van der Waals surface area contributed by atoms with Gasteiger partial charge in [-0.25, -0.2) is 23.1 Å². The number of sulfonamides is 1. The van der Waals surface area contributed by atoms with Crippen molar-refractivity contribution in [2.45, 2.75) is 27.3 Å². The summed E-state index contributed by atoms with van der Waals surface area (Å²) in [5.74, 6) is 2.37. The van der Waals surface area contributed by atoms with E-state index in [9.17, 15) is 8.42 Å². The summed E-state index contributed by atoms with van der Waals surface area (Å²) >= 11 is 0. The van der Waals surface area contributed by atoms with Crippen LogP contribution in [-0.4, -0.2) is 42.4 Å². The molecule has 3 aromatic rings. The maximum absolute atomic E-state index is 11.1. The molecule has 0 spiro atoms. The van der Waals surface area contributed by atoms with E-state index in [0.717, 1.165) is 35.0 Å². The van der Waals surface area contributed by atoms with Gasteiger partial charge in [0.05, 0.1) is 17.3 Å². The van der Waals surface area contributed by atoms with E-state index in [1.165, 1.54) is 0 Å². The van der Waals surface area contributed by atoms with Gasteiger partial charge in [0.25, 0.3) is 0 Å². The molecule has 9 heteroatoms. The second-order valence-corrected chi connectivity index (χ2v) is 8.88. The minimum Gasteiger partial charge on any atom is -0.492 e. The third-order valence-corrected chi connectivity index (χ3v) is 4.88. The highest BCUT2D eigenvalue weighted by Crippen LogP contribution is 2.31. The molecule has 0 bridgehead atoms. The summed E-state index contributed by atoms with van der Waals surface area (Å²) in [4.78, 5) is 9.08. The number of anilines is 1. The van der Waals surface area contributed by atoms with Crippen molar-refractivity contribution >= 4 is 37.8 Å². The van der Waals surface area contributed by atoms with E-state index in [4.69, 9.17) is 10.5 Å². The first-order valence-corrected chi connectivity index (χ1v) is 10.7. The molecular formula is C18H25N5O3S. The van der Waals surface area contributed by atoms with Crippen molar-refractivity contribution in [3.05, 3.63) is 24.0 Å². The van der Waals surface area contributed by atoms with Crippen LogP contribution < -0.4 is 15.2 Å². The Morgan fingerprint density at radius 1 is 1.30 bits per heavy atom. The minimum atomic E-state index is -3.22. The van der Waals surface area contributed by atoms with E-state index < -0.39 is 10.0 Å². The minimum absolute atomic E-state index is 0.200. The molecule has 1 aromatic carbocycles. The highest BCUT2D eigenvalue weighted by atomic mass is 32.2. The van der Waals surface area contributed by atoms with Crippen LogP contribution >= 0.6 is 0 Å². The smallest absolute Gasteiger partial charge is 0.208 e. The Balaban J connectivity index is 1.96. The van der Waals surface area contributed by atoms with E-state index in [1.54, 1.807) is 0 Å². The van der Waals surface area contributed by atoms with Gasteiger partial charge in [0.2, 0.25) is 10.0 Å². The van der Waals surface area contributed by atoms with Crippen LogP contribution in [0.5, 0.6) is 5.75 Å². The molecule has 0 unspecified atom stereocenters. The third-order valence-electron chi connectivity index (χ3n) is 4.15. The first-order valence-electron chi connectivity index (χ1n) is 8.79. The van der Waals surface area contributed by atoms with Crippen molar-refractivity contribution in [2.75, 3.05) is 25.1 Å². The van der Waals surface area contributed by atoms with Crippen LogP contribution in [0.15, 0.2) is 18.2 Å². The van der Waals surface area contributed by atoms with Gasteiger partial charge < -0.3 is 15.0 Å². The number of imidazole rings is 1. The van der Waals surface area contributed by atoms with E-state index in [-0.39, 0.29) is 13.2 Å². The number of aromatic nitrogens is 3. The van der Waals surface area contributed by atoms with Crippen molar-refractivity contribution in [2.24, 2.45) is 5.92 Å². The van der Waals surface area contributed by atoms with Gasteiger partial charge in [-0.1, -0.05) is 13.8 Å². The van der Waals surface area contributed by atoms with Gasteiger partial charge >= 0.3 is 0 Å². The summed E-state index contributed by atoms with van der Waals surface area (Å²) in [6.45, 7) is 7.56. The van der Waals surface area contributed by atoms with Crippen LogP contribution in [0.2, 0.25) is 0 Å². The van der Waals surface area contributed by atoms with Crippen molar-refractivity contribution < 1.29 is 13.2 Å². The van der Waals surface area contributed by atoms with Gasteiger partial charge in [-0.05, 0) is 25.0 Å². The van der Waals surface area contributed by atoms with Gasteiger partial charge in [-0.3, -0.25) is 0 Å². The van der Waals surface area contributed by atoms with E-state index in [1.807, 2.05) is 25.1 Å². The summed E-state index contributed by atoms with van der Waals surface area (Å²) in [5, 5.41) is 0.960. The molecule has 0 aliphatic carbocycles. The molecule has 0 radical (unpaired) electrons. The van der Waals surface area contributed by atoms with Crippen LogP contribution in [-0.2, 0) is 16.6 Å². The zero-order valence-corrected chi connectivity index (χ0v) is 16.8. The molecule has 3 rings (SSSR count). The predicted octanol–water partition coefficient (Wildman–Crippen LogP) is 2.06. The summed E-state index contributed by atoms with van der Waals surface area (Å²) in [7, 11) is -3.22. The van der Waals surface area contributed by atoms with Crippen molar-refractivity contribution in [3.63, 3.8) is 0 Å². The SMILES string of the molecule is Cc1nc2c(N)nc3cc(OCCNS(C)(=O)=O)ccc3c2n1CC(C)C. The third kappa shape index (κ3) is 4.30. The molecule has 0 saturated carbocycles. The Morgan fingerprint density at radius 2 is 2.04 bits per heavy atom. The number of nitrogens with one attached hydrogen (secondary N) is 1. The number of nitrogen functional groups attached to an aromatic ring is 1. The number of pyridine rings is 1. The molecule has 0 saturated heterocycles. The molecule has 2 aromatic heterocycles. The lowest BCUT2D eigenvalue weighted by Crippen LogP contribution is -2.26. The Hall–Kier alpha value is -2.39. The monoisotopic (exact) mass is 391 g/mol. The topological polar surface area (TPSA) is 112 Å². The summed E-state index contributed by atoms with van der Waals surface area (Å²) < 4.78 is 32.4. The van der Waals surface area contributed by atoms with E-state index >= 15 is 0 Å². The summed E-state index contributed by atoms with van der Waals surface area (Å²) in [6.07, 6.45) is 1.11. The van der Waals surface area contributed by atoms with Crippen molar-refractivity contribution in [1.29, 1.82) is 0 Å². The number of aryl methyl sites for hydroxylation is 1. The highest BCUT2D eigenvalue weighted by Gasteiger charge is 2.16. The van der Waals surface area contributed by atoms with Crippen molar-refractivity contribution in [1.82, 2.24) is 19.3 Å². The Kier molecular flexibility index (Phi) is 5.25. The quantitative estimate of drug-likeness (QED) is 0.596. The van der Waals surface area contributed by atoms with Crippen LogP contribution in [0.4, 0.5) is 5.82 Å². The lowest BCUT2D eigenvalue weighted by Gasteiger charge is -2.12. The first-order chi connectivity index (χ1) is 12.7. The number of hydrogen-bond donors (Lipinski definition) is 2. The Morgan fingerprint density at radius 3 is 2.70 bits per heavy atom. The fourth-order valence-electron chi connectivity index (χ4n) is 3.08. The maximum Gasteiger partial charge on any atom is 0.208 e. The molecule has 146 valence electrons. The molecule has 0 atom stereocenters. The molecule has 2 heterocycles. The molecule has 8 nitrogen and oxygen atoms in total. The Bertz CT molecular complexity index is 1090. The fraction of sp³-hybridized carbons (Fsp3) is 0.444. The van der Waals surface area contributed by atoms with Crippen LogP contribution in [0.3, 0.4) is 0 Å². The van der Waals surface area contributed by atoms with Gasteiger partial charge in [0.1, 0.15) is 23.7 Å². The Labute approximate surface area is 158 Å². The molecular weight excluding hydrogens is 366 g/mol. The maximum atomic E-state index is 11.1. The number of nitrogens with two attached hydrogens (primary N) is 1. The van der Waals surface area contributed by atoms with Gasteiger partial charge in [-0.2, -0.15) is 0 Å². The molecule has 0 amide bonds. The highest BCUT2D eigenvalue weighted by molar-refractivity contribution is 7.88. The van der Waals surface area contributed by atoms with Crippen LogP contribution in [0, 0.1) is 12.8 Å². The number of nitrogens with zero attached hydrogens (tertiary/aromatic N) is 3. The average molecular weight is 391 g/mol. The lowest BCUT2D eigenvalue weighted by molar-refractivity contribution is 0.323. The zero-order valence-electron chi connectivity index (χ0n) is 16.0. The van der Waals surface area contributed by atoms with Crippen LogP contribution in [0.25, 0.3) is 21.9 Å². The number of hydrogen-bond acceptors (Lipinski definition) is 6. The standard InChI is InChI=1S/C18H25N5O3S/c1-11(2)10-23-12(3)21-16-17(23)14-6-5-13(9-15(14)22-18(16)19)26-8-7-20-27(4,24)25/h5-6,9,11,20H,7-8,10H2,1-4H3,(H2,19,22). The normalized spacial score (nSPS) is 12.3. The molecule has 0 fully saturated rings. The van der Waals surface area contributed by atoms with Crippen LogP contribution in [0.1, 0.15) is 19.7 Å². The number of benzene rings is 1. The number of rotatable bonds is 7. The largest absolute Gasteiger partial charge is 0.492 e.